The standard InChI is InChI=1S/2C8H11P.2ClH.Pt/c2*1-9(2)8-6-4-3-5-7-8;;;/h2*3-7H,1-2H3;2*1H;/q;;;;+2. The van der Waals surface area contributed by atoms with E-state index in [1.807, 2.05) is 0 Å². The molecular formula is C16H24Cl2P2Pt+2. The van der Waals surface area contributed by atoms with Gasteiger partial charge >= 0.3 is 35.3 Å². The van der Waals surface area contributed by atoms with Crippen molar-refractivity contribution in [2.75, 3.05) is 26.7 Å². The normalized spacial score (nSPS) is 9.71. The van der Waals surface area contributed by atoms with Gasteiger partial charge in [0.25, 0.3) is 0 Å². The van der Waals surface area contributed by atoms with Crippen LogP contribution in [0.5, 0.6) is 0 Å². The van der Waals surface area contributed by atoms with Crippen molar-refractivity contribution >= 4 is 45.3 Å². The first-order chi connectivity index (χ1) is 10.0. The third-order valence-electron chi connectivity index (χ3n) is 2.70. The molecular weight excluding hydrogens is 520 g/mol. The fraction of sp³-hybridized carbons (Fsp3) is 0.250. The summed E-state index contributed by atoms with van der Waals surface area (Å²) in [6, 6.07) is 21.4. The SMILES string of the molecule is C[PH+](C)c1ccccc1.C[PH+](C)c1ccccc1.[Cl][Pt][Cl]. The summed E-state index contributed by atoms with van der Waals surface area (Å²) in [4.78, 5) is 0. The van der Waals surface area contributed by atoms with E-state index in [0.717, 1.165) is 0 Å². The van der Waals surface area contributed by atoms with Crippen molar-refractivity contribution in [3.05, 3.63) is 60.7 Å². The van der Waals surface area contributed by atoms with Gasteiger partial charge in [-0.2, -0.15) is 0 Å². The number of hydrogen-bond acceptors (Lipinski definition) is 0. The zero-order valence-corrected chi connectivity index (χ0v) is 18.6. The van der Waals surface area contributed by atoms with E-state index in [4.69, 9.17) is 18.8 Å². The molecule has 21 heavy (non-hydrogen) atoms. The maximum atomic E-state index is 4.88. The van der Waals surface area contributed by atoms with Gasteiger partial charge in [-0.25, -0.2) is 0 Å². The molecule has 2 aromatic carbocycles. The molecule has 5 heteroatoms. The van der Waals surface area contributed by atoms with Gasteiger partial charge < -0.3 is 0 Å². The fourth-order valence-electron chi connectivity index (χ4n) is 1.54. The van der Waals surface area contributed by atoms with Crippen LogP contribution in [0, 0.1) is 0 Å². The number of benzene rings is 2. The molecule has 0 spiro atoms. The topological polar surface area (TPSA) is 0 Å². The average Bonchev–Trinajstić information content (AvgIpc) is 2.50. The molecule has 0 N–H and O–H groups in total. The van der Waals surface area contributed by atoms with Gasteiger partial charge in [0.2, 0.25) is 0 Å². The number of hydrogen-bond donors (Lipinski definition) is 0. The van der Waals surface area contributed by atoms with Crippen molar-refractivity contribution in [1.82, 2.24) is 0 Å². The molecule has 2 aromatic rings. The molecule has 0 aliphatic carbocycles. The van der Waals surface area contributed by atoms with Crippen molar-refractivity contribution in [2.24, 2.45) is 0 Å². The van der Waals surface area contributed by atoms with Crippen molar-refractivity contribution in [2.45, 2.75) is 0 Å². The van der Waals surface area contributed by atoms with E-state index < -0.39 is 16.5 Å². The van der Waals surface area contributed by atoms with Gasteiger partial charge in [-0.05, 0) is 24.3 Å². The van der Waals surface area contributed by atoms with Gasteiger partial charge in [0.05, 0.1) is 37.3 Å². The van der Waals surface area contributed by atoms with E-state index in [9.17, 15) is 0 Å². The average molecular weight is 544 g/mol. The Morgan fingerprint density at radius 3 is 1.00 bits per heavy atom. The monoisotopic (exact) mass is 543 g/mol. The van der Waals surface area contributed by atoms with Crippen LogP contribution in [0.1, 0.15) is 0 Å². The second-order valence-corrected chi connectivity index (χ2v) is 13.2. The van der Waals surface area contributed by atoms with Crippen LogP contribution in [0.2, 0.25) is 0 Å². The molecule has 0 atom stereocenters. The first kappa shape index (κ1) is 21.6. The zero-order chi connectivity index (χ0) is 16.1. The molecule has 0 unspecified atom stereocenters. The molecule has 0 saturated heterocycles. The van der Waals surface area contributed by atoms with Crippen LogP contribution in [0.25, 0.3) is 0 Å². The molecule has 0 aliphatic heterocycles. The molecule has 0 radical (unpaired) electrons. The molecule has 2 rings (SSSR count). The summed E-state index contributed by atoms with van der Waals surface area (Å²) in [6.45, 7) is 9.22. The van der Waals surface area contributed by atoms with E-state index in [2.05, 4.69) is 87.3 Å². The van der Waals surface area contributed by atoms with Gasteiger partial charge in [-0.15, -0.1) is 0 Å². The van der Waals surface area contributed by atoms with Crippen LogP contribution in [0.4, 0.5) is 0 Å². The molecule has 0 bridgehead atoms. The number of rotatable bonds is 2. The van der Waals surface area contributed by atoms with Gasteiger partial charge in [0, 0.05) is 15.8 Å². The Morgan fingerprint density at radius 2 is 0.857 bits per heavy atom. The van der Waals surface area contributed by atoms with Crippen molar-refractivity contribution < 1.29 is 16.5 Å². The summed E-state index contributed by atoms with van der Waals surface area (Å²) < 4.78 is 0. The molecule has 0 fully saturated rings. The Labute approximate surface area is 148 Å². The quantitative estimate of drug-likeness (QED) is 0.470. The Bertz CT molecular complexity index is 407. The van der Waals surface area contributed by atoms with Crippen LogP contribution in [0.15, 0.2) is 60.7 Å². The first-order valence-electron chi connectivity index (χ1n) is 6.56. The maximum absolute atomic E-state index is 4.88. The van der Waals surface area contributed by atoms with Crippen LogP contribution >= 0.6 is 34.7 Å². The summed E-state index contributed by atoms with van der Waals surface area (Å²) in [5.74, 6) is 0. The van der Waals surface area contributed by atoms with Gasteiger partial charge in [0.1, 0.15) is 0 Å². The predicted octanol–water partition coefficient (Wildman–Crippen LogP) is 4.95. The third-order valence-corrected chi connectivity index (χ3v) is 5.68. The van der Waals surface area contributed by atoms with Gasteiger partial charge in [0.15, 0.2) is 0 Å². The van der Waals surface area contributed by atoms with E-state index in [1.54, 1.807) is 0 Å². The second-order valence-electron chi connectivity index (χ2n) is 4.78. The number of halogens is 2. The van der Waals surface area contributed by atoms with Crippen LogP contribution < -0.4 is 10.6 Å². The van der Waals surface area contributed by atoms with Crippen molar-refractivity contribution in [1.29, 1.82) is 0 Å². The van der Waals surface area contributed by atoms with Crippen LogP contribution in [-0.2, 0) is 16.5 Å². The van der Waals surface area contributed by atoms with E-state index in [-0.39, 0.29) is 15.8 Å². The third kappa shape index (κ3) is 11.7. The first-order valence-corrected chi connectivity index (χ1v) is 17.2. The van der Waals surface area contributed by atoms with E-state index in [0.29, 0.717) is 0 Å². The van der Waals surface area contributed by atoms with Gasteiger partial charge in [-0.1, -0.05) is 36.4 Å². The summed E-state index contributed by atoms with van der Waals surface area (Å²) >= 11 is -0.472. The molecule has 0 amide bonds. The van der Waals surface area contributed by atoms with Crippen LogP contribution in [0.3, 0.4) is 0 Å². The molecule has 0 aromatic heterocycles. The molecule has 0 aliphatic rings. The summed E-state index contributed by atoms with van der Waals surface area (Å²) in [7, 11) is 9.33. The Hall–Kier alpha value is 0.568. The summed E-state index contributed by atoms with van der Waals surface area (Å²) in [6.07, 6.45) is 0. The minimum absolute atomic E-state index is 0.212. The van der Waals surface area contributed by atoms with Crippen LogP contribution in [-0.4, -0.2) is 26.7 Å². The fourth-order valence-corrected chi connectivity index (χ4v) is 3.26. The molecule has 0 saturated carbocycles. The zero-order valence-electron chi connectivity index (χ0n) is 12.8. The molecule has 0 nitrogen and oxygen atoms in total. The van der Waals surface area contributed by atoms with E-state index in [1.165, 1.54) is 10.6 Å². The predicted molar refractivity (Wildman–Crippen MR) is 104 cm³/mol. The summed E-state index contributed by atoms with van der Waals surface area (Å²) in [5.41, 5.74) is 0. The minimum atomic E-state index is -0.472. The summed E-state index contributed by atoms with van der Waals surface area (Å²) in [5, 5.41) is 3.03. The Morgan fingerprint density at radius 1 is 0.619 bits per heavy atom. The van der Waals surface area contributed by atoms with E-state index >= 15 is 0 Å². The van der Waals surface area contributed by atoms with Gasteiger partial charge in [-0.3, -0.25) is 0 Å². The molecule has 120 valence electrons. The van der Waals surface area contributed by atoms with Crippen molar-refractivity contribution in [3.8, 4) is 0 Å². The Kier molecular flexibility index (Phi) is 14.6. The molecule has 0 heterocycles. The Balaban J connectivity index is 0.000000322. The van der Waals surface area contributed by atoms with Crippen molar-refractivity contribution in [3.63, 3.8) is 0 Å². The second kappa shape index (κ2) is 14.2.